The van der Waals surface area contributed by atoms with Crippen LogP contribution in [0.1, 0.15) is 100 Å². The van der Waals surface area contributed by atoms with Crippen molar-refractivity contribution in [2.45, 2.75) is 165 Å². The molecule has 4 aliphatic carbocycles. The van der Waals surface area contributed by atoms with Gasteiger partial charge in [0.1, 0.15) is 11.7 Å². The van der Waals surface area contributed by atoms with Crippen LogP contribution in [0, 0.1) is 46.8 Å². The minimum absolute atomic E-state index is 0.0532. The smallest absolute Gasteiger partial charge is 0.342 e. The second-order valence-electron chi connectivity index (χ2n) is 18.7. The van der Waals surface area contributed by atoms with Crippen LogP contribution in [0.4, 0.5) is 0 Å². The molecule has 19 unspecified atom stereocenters. The Bertz CT molecular complexity index is 1500. The number of carbonyl (C=O) groups is 3. The van der Waals surface area contributed by atoms with Crippen molar-refractivity contribution >= 4 is 17.9 Å². The number of nitrogens with zero attached hydrogens (tertiary/aromatic N) is 1. The first-order valence-corrected chi connectivity index (χ1v) is 19.8. The summed E-state index contributed by atoms with van der Waals surface area (Å²) in [7, 11) is 0. The highest BCUT2D eigenvalue weighted by molar-refractivity contribution is 5.80. The Labute approximate surface area is 311 Å². The number of piperidine rings is 2. The number of ether oxygens (including phenoxy) is 4. The quantitative estimate of drug-likeness (QED) is 0.159. The number of hydrogen-bond donors (Lipinski definition) is 6. The van der Waals surface area contributed by atoms with Crippen LogP contribution < -0.4 is 0 Å². The van der Waals surface area contributed by atoms with E-state index in [2.05, 4.69) is 11.8 Å². The predicted octanol–water partition coefficient (Wildman–Crippen LogP) is 1.04. The van der Waals surface area contributed by atoms with Crippen LogP contribution >= 0.6 is 0 Å². The first kappa shape index (κ1) is 39.3. The zero-order valence-electron chi connectivity index (χ0n) is 32.4. The topological polar surface area (TPSA) is 213 Å². The number of fused-ring (bicyclic) bond motifs is 5. The van der Waals surface area contributed by atoms with Gasteiger partial charge in [0.15, 0.2) is 17.8 Å². The highest BCUT2D eigenvalue weighted by Crippen LogP contribution is 2.77. The third-order valence-corrected chi connectivity index (χ3v) is 15.8. The average molecular weight is 752 g/mol. The second-order valence-corrected chi connectivity index (χ2v) is 18.7. The monoisotopic (exact) mass is 751 g/mol. The van der Waals surface area contributed by atoms with Crippen molar-refractivity contribution in [1.82, 2.24) is 4.90 Å². The lowest BCUT2D eigenvalue weighted by molar-refractivity contribution is -0.300. The molecule has 3 heterocycles. The molecule has 19 atom stereocenters. The third-order valence-electron chi connectivity index (χ3n) is 15.8. The summed E-state index contributed by atoms with van der Waals surface area (Å²) in [4.78, 5) is 40.9. The number of aliphatic hydroxyl groups excluding tert-OH is 2. The Hall–Kier alpha value is -1.91. The summed E-state index contributed by atoms with van der Waals surface area (Å²) in [6, 6.07) is -0.250. The Morgan fingerprint density at radius 3 is 2.36 bits per heavy atom. The van der Waals surface area contributed by atoms with Gasteiger partial charge in [0, 0.05) is 49.2 Å². The standard InChI is InChI=1S/C39H61NO13/c1-9-19(3)32(44)52-31-29(43)28-22(17-40-16-18(2)10-11-26(40)36(28,8)47)23-15-37-30(38(23,31)48)24(42)14-25-34(37,6)13-12-27(39(25,49)53-37)51-33(45)35(7,46)20(4)50-21(5)41/h18-20,22-31,42-43,46-49H,9-17H2,1-8H3. The van der Waals surface area contributed by atoms with Gasteiger partial charge in [0.2, 0.25) is 5.79 Å². The lowest BCUT2D eigenvalue weighted by Gasteiger charge is -2.64. The van der Waals surface area contributed by atoms with E-state index in [0.717, 1.165) is 26.3 Å². The number of carbonyl (C=O) groups excluding carboxylic acids is 3. The number of rotatable bonds is 7. The van der Waals surface area contributed by atoms with Crippen LogP contribution in [0.25, 0.3) is 0 Å². The molecular weight excluding hydrogens is 690 g/mol. The van der Waals surface area contributed by atoms with Crippen LogP contribution in [0.15, 0.2) is 0 Å². The van der Waals surface area contributed by atoms with E-state index in [4.69, 9.17) is 18.9 Å². The number of esters is 3. The molecule has 0 aromatic heterocycles. The maximum absolute atomic E-state index is 13.6. The van der Waals surface area contributed by atoms with Crippen LogP contribution in [0.3, 0.4) is 0 Å². The molecule has 14 heteroatoms. The highest BCUT2D eigenvalue weighted by atomic mass is 16.7. The van der Waals surface area contributed by atoms with Crippen LogP contribution in [0.5, 0.6) is 0 Å². The van der Waals surface area contributed by atoms with Crippen LogP contribution in [0.2, 0.25) is 0 Å². The Morgan fingerprint density at radius 2 is 1.72 bits per heavy atom. The normalized spacial score (nSPS) is 52.1. The van der Waals surface area contributed by atoms with Crippen molar-refractivity contribution in [3.8, 4) is 0 Å². The van der Waals surface area contributed by atoms with E-state index in [1.165, 1.54) is 13.8 Å². The molecule has 53 heavy (non-hydrogen) atoms. The minimum Gasteiger partial charge on any atom is -0.459 e. The van der Waals surface area contributed by atoms with Crippen molar-refractivity contribution in [3.05, 3.63) is 0 Å². The van der Waals surface area contributed by atoms with Crippen molar-refractivity contribution in [2.24, 2.45) is 46.8 Å². The predicted molar refractivity (Wildman–Crippen MR) is 185 cm³/mol. The van der Waals surface area contributed by atoms with Gasteiger partial charge >= 0.3 is 17.9 Å². The lowest BCUT2D eigenvalue weighted by atomic mass is 9.49. The SMILES string of the molecule is CCC(C)C(=O)OC1C(O)C2C(CN3CC(C)CCC3C2(C)O)C2CC34OC5(O)C(OC(=O)C(C)(O)C(C)OC(C)=O)CCC3(C)C5CC(O)C4C21O. The molecule has 7 rings (SSSR count). The van der Waals surface area contributed by atoms with Gasteiger partial charge in [-0.15, -0.1) is 0 Å². The largest absolute Gasteiger partial charge is 0.459 e. The molecule has 0 amide bonds. The first-order chi connectivity index (χ1) is 24.5. The summed E-state index contributed by atoms with van der Waals surface area (Å²) < 4.78 is 24.0. The average Bonchev–Trinajstić information content (AvgIpc) is 3.35. The van der Waals surface area contributed by atoms with Crippen LogP contribution in [-0.4, -0.2) is 131 Å². The van der Waals surface area contributed by atoms with Gasteiger partial charge in [0.05, 0.1) is 29.3 Å². The minimum atomic E-state index is -2.26. The molecule has 3 aliphatic heterocycles. The van der Waals surface area contributed by atoms with Crippen molar-refractivity contribution < 1.29 is 64.0 Å². The summed E-state index contributed by atoms with van der Waals surface area (Å²) in [6.45, 7) is 14.3. The second kappa shape index (κ2) is 12.5. The summed E-state index contributed by atoms with van der Waals surface area (Å²) in [5, 5.41) is 74.2. The van der Waals surface area contributed by atoms with Gasteiger partial charge in [-0.25, -0.2) is 4.79 Å². The van der Waals surface area contributed by atoms with Crippen molar-refractivity contribution in [1.29, 1.82) is 0 Å². The summed E-state index contributed by atoms with van der Waals surface area (Å²) in [5.41, 5.74) is -7.99. The van der Waals surface area contributed by atoms with E-state index >= 15 is 0 Å². The van der Waals surface area contributed by atoms with Crippen molar-refractivity contribution in [3.63, 3.8) is 0 Å². The summed E-state index contributed by atoms with van der Waals surface area (Å²) >= 11 is 0. The van der Waals surface area contributed by atoms with Gasteiger partial charge in [-0.1, -0.05) is 27.7 Å². The molecule has 6 N–H and O–H groups in total. The van der Waals surface area contributed by atoms with Gasteiger partial charge < -0.3 is 49.6 Å². The Balaban J connectivity index is 1.31. The zero-order valence-corrected chi connectivity index (χ0v) is 32.4. The number of hydrogen-bond acceptors (Lipinski definition) is 14. The fourth-order valence-electron chi connectivity index (χ4n) is 12.8. The summed E-state index contributed by atoms with van der Waals surface area (Å²) in [5.74, 6) is -8.65. The van der Waals surface area contributed by atoms with Crippen LogP contribution in [-0.2, 0) is 33.3 Å². The van der Waals surface area contributed by atoms with Crippen molar-refractivity contribution in [2.75, 3.05) is 13.1 Å². The fourth-order valence-corrected chi connectivity index (χ4v) is 12.8. The van der Waals surface area contributed by atoms with Gasteiger partial charge in [0.25, 0.3) is 0 Å². The molecule has 14 nitrogen and oxygen atoms in total. The van der Waals surface area contributed by atoms with Gasteiger partial charge in [-0.3, -0.25) is 14.5 Å². The molecule has 0 aromatic rings. The molecule has 4 saturated carbocycles. The van der Waals surface area contributed by atoms with E-state index < -0.39 is 118 Å². The zero-order chi connectivity index (χ0) is 39.0. The third kappa shape index (κ3) is 5.21. The van der Waals surface area contributed by atoms with E-state index in [9.17, 15) is 45.0 Å². The van der Waals surface area contributed by atoms with E-state index in [1.54, 1.807) is 13.8 Å². The van der Waals surface area contributed by atoms with E-state index in [-0.39, 0.29) is 25.3 Å². The van der Waals surface area contributed by atoms with E-state index in [0.29, 0.717) is 25.3 Å². The maximum atomic E-state index is 13.6. The molecule has 300 valence electrons. The molecule has 4 bridgehead atoms. The first-order valence-electron chi connectivity index (χ1n) is 19.8. The van der Waals surface area contributed by atoms with Gasteiger partial charge in [-0.05, 0) is 83.5 Å². The Kier molecular flexibility index (Phi) is 9.31. The van der Waals surface area contributed by atoms with E-state index in [1.807, 2.05) is 13.8 Å². The highest BCUT2D eigenvalue weighted by Gasteiger charge is 2.87. The molecule has 7 aliphatic rings. The molecule has 3 saturated heterocycles. The lowest BCUT2D eigenvalue weighted by Crippen LogP contribution is -2.77. The molecule has 1 spiro atoms. The Morgan fingerprint density at radius 1 is 1.04 bits per heavy atom. The summed E-state index contributed by atoms with van der Waals surface area (Å²) in [6.07, 6.45) is -4.16. The van der Waals surface area contributed by atoms with Gasteiger partial charge in [-0.2, -0.15) is 0 Å². The number of aliphatic hydroxyl groups is 6. The molecule has 7 fully saturated rings. The molecular formula is C39H61NO13. The molecule has 0 aromatic carbocycles. The fraction of sp³-hybridized carbons (Fsp3) is 0.923. The molecule has 0 radical (unpaired) electrons. The maximum Gasteiger partial charge on any atom is 0.342 e.